The van der Waals surface area contributed by atoms with Gasteiger partial charge in [0, 0.05) is 17.0 Å². The maximum absolute atomic E-state index is 12.7. The van der Waals surface area contributed by atoms with Crippen LogP contribution in [0.25, 0.3) is 0 Å². The number of carbonyl (C=O) groups excluding carboxylic acids is 1. The molecule has 0 spiro atoms. The number of aryl methyl sites for hydroxylation is 2. The third kappa shape index (κ3) is 4.10. The zero-order valence-corrected chi connectivity index (χ0v) is 16.7. The van der Waals surface area contributed by atoms with Crippen molar-refractivity contribution in [1.29, 1.82) is 0 Å². The largest absolute Gasteiger partial charge is 0.496 e. The molecule has 1 aromatic heterocycles. The SMILES string of the molecule is CCc1sc(C(=O)NCC(c2ccccc2OC)N2CCCC2)cc1C. The Kier molecular flexibility index (Phi) is 6.33. The van der Waals surface area contributed by atoms with Gasteiger partial charge >= 0.3 is 0 Å². The van der Waals surface area contributed by atoms with Crippen LogP contribution in [0.15, 0.2) is 30.3 Å². The molecule has 1 N–H and O–H groups in total. The average Bonchev–Trinajstić information content (AvgIpc) is 3.32. The van der Waals surface area contributed by atoms with Crippen molar-refractivity contribution in [1.82, 2.24) is 10.2 Å². The van der Waals surface area contributed by atoms with Crippen LogP contribution in [0.4, 0.5) is 0 Å². The van der Waals surface area contributed by atoms with Crippen molar-refractivity contribution in [2.24, 2.45) is 0 Å². The predicted molar refractivity (Wildman–Crippen MR) is 107 cm³/mol. The lowest BCUT2D eigenvalue weighted by molar-refractivity contribution is 0.0941. The average molecular weight is 373 g/mol. The molecular weight excluding hydrogens is 344 g/mol. The highest BCUT2D eigenvalue weighted by molar-refractivity contribution is 7.14. The Morgan fingerprint density at radius 2 is 2.04 bits per heavy atom. The van der Waals surface area contributed by atoms with Crippen LogP contribution in [0.1, 0.15) is 51.5 Å². The van der Waals surface area contributed by atoms with Gasteiger partial charge in [0.1, 0.15) is 5.75 Å². The van der Waals surface area contributed by atoms with Gasteiger partial charge in [-0.15, -0.1) is 11.3 Å². The van der Waals surface area contributed by atoms with E-state index in [4.69, 9.17) is 4.74 Å². The number of hydrogen-bond acceptors (Lipinski definition) is 4. The Morgan fingerprint density at radius 1 is 1.31 bits per heavy atom. The summed E-state index contributed by atoms with van der Waals surface area (Å²) < 4.78 is 5.57. The molecule has 26 heavy (non-hydrogen) atoms. The number of likely N-dealkylation sites (tertiary alicyclic amines) is 1. The maximum Gasteiger partial charge on any atom is 0.261 e. The van der Waals surface area contributed by atoms with E-state index in [1.165, 1.54) is 23.3 Å². The number of methoxy groups -OCH3 is 1. The number of para-hydroxylation sites is 1. The molecule has 0 bridgehead atoms. The highest BCUT2D eigenvalue weighted by Gasteiger charge is 2.26. The van der Waals surface area contributed by atoms with E-state index in [9.17, 15) is 4.79 Å². The molecule has 1 aromatic carbocycles. The molecule has 0 aliphatic carbocycles. The van der Waals surface area contributed by atoms with Crippen molar-refractivity contribution in [3.63, 3.8) is 0 Å². The second-order valence-corrected chi connectivity index (χ2v) is 7.92. The Morgan fingerprint density at radius 3 is 2.69 bits per heavy atom. The van der Waals surface area contributed by atoms with Gasteiger partial charge in [-0.2, -0.15) is 0 Å². The number of benzene rings is 1. The van der Waals surface area contributed by atoms with Crippen LogP contribution in [-0.4, -0.2) is 37.6 Å². The lowest BCUT2D eigenvalue weighted by Gasteiger charge is -2.29. The summed E-state index contributed by atoms with van der Waals surface area (Å²) in [7, 11) is 1.71. The second kappa shape index (κ2) is 8.69. The fourth-order valence-corrected chi connectivity index (χ4v) is 4.72. The van der Waals surface area contributed by atoms with Crippen LogP contribution in [-0.2, 0) is 6.42 Å². The third-order valence-corrected chi connectivity index (χ3v) is 6.48. The van der Waals surface area contributed by atoms with Gasteiger partial charge in [-0.1, -0.05) is 25.1 Å². The molecule has 1 atom stereocenters. The topological polar surface area (TPSA) is 41.6 Å². The Labute approximate surface area is 160 Å². The number of amides is 1. The molecule has 1 amide bonds. The summed E-state index contributed by atoms with van der Waals surface area (Å²) >= 11 is 1.60. The quantitative estimate of drug-likeness (QED) is 0.792. The van der Waals surface area contributed by atoms with Gasteiger partial charge in [0.15, 0.2) is 0 Å². The molecule has 0 radical (unpaired) electrons. The number of nitrogens with one attached hydrogen (secondary N) is 1. The summed E-state index contributed by atoms with van der Waals surface area (Å²) in [4.78, 5) is 17.2. The fraction of sp³-hybridized carbons (Fsp3) is 0.476. The molecule has 1 saturated heterocycles. The van der Waals surface area contributed by atoms with Gasteiger partial charge in [0.05, 0.1) is 18.0 Å². The Bertz CT molecular complexity index is 750. The molecule has 140 valence electrons. The van der Waals surface area contributed by atoms with E-state index in [2.05, 4.69) is 30.1 Å². The summed E-state index contributed by atoms with van der Waals surface area (Å²) in [6, 6.07) is 10.3. The molecule has 2 heterocycles. The first-order valence-electron chi connectivity index (χ1n) is 9.38. The van der Waals surface area contributed by atoms with Gasteiger partial charge in [-0.3, -0.25) is 9.69 Å². The zero-order chi connectivity index (χ0) is 18.5. The molecule has 3 rings (SSSR count). The highest BCUT2D eigenvalue weighted by Crippen LogP contribution is 2.31. The lowest BCUT2D eigenvalue weighted by Crippen LogP contribution is -2.36. The van der Waals surface area contributed by atoms with Gasteiger partial charge in [0.2, 0.25) is 0 Å². The van der Waals surface area contributed by atoms with Crippen molar-refractivity contribution in [3.05, 3.63) is 51.2 Å². The first-order valence-corrected chi connectivity index (χ1v) is 10.2. The van der Waals surface area contributed by atoms with E-state index < -0.39 is 0 Å². The van der Waals surface area contributed by atoms with Gasteiger partial charge in [-0.05, 0) is 57.0 Å². The number of nitrogens with zero attached hydrogens (tertiary/aromatic N) is 1. The van der Waals surface area contributed by atoms with Gasteiger partial charge in [-0.25, -0.2) is 0 Å². The Hall–Kier alpha value is -1.85. The summed E-state index contributed by atoms with van der Waals surface area (Å²) in [5.74, 6) is 0.913. The van der Waals surface area contributed by atoms with Crippen molar-refractivity contribution in [3.8, 4) is 5.75 Å². The summed E-state index contributed by atoms with van der Waals surface area (Å²) in [5, 5.41) is 3.16. The highest BCUT2D eigenvalue weighted by atomic mass is 32.1. The summed E-state index contributed by atoms with van der Waals surface area (Å²) in [6.45, 7) is 6.94. The number of thiophene rings is 1. The maximum atomic E-state index is 12.7. The van der Waals surface area contributed by atoms with Crippen LogP contribution in [0.3, 0.4) is 0 Å². The fourth-order valence-electron chi connectivity index (χ4n) is 3.69. The van der Waals surface area contributed by atoms with Crippen molar-refractivity contribution < 1.29 is 9.53 Å². The molecule has 5 heteroatoms. The summed E-state index contributed by atoms with van der Waals surface area (Å²) in [5.41, 5.74) is 2.36. The lowest BCUT2D eigenvalue weighted by atomic mass is 10.0. The molecule has 1 unspecified atom stereocenters. The standard InChI is InChI=1S/C21H28N2O2S/c1-4-19-15(2)13-20(26-19)21(24)22-14-17(23-11-7-8-12-23)16-9-5-6-10-18(16)25-3/h5-6,9-10,13,17H,4,7-8,11-12,14H2,1-3H3,(H,22,24). The van der Waals surface area contributed by atoms with Gasteiger partial charge in [0.25, 0.3) is 5.91 Å². The molecule has 0 saturated carbocycles. The number of carbonyl (C=O) groups is 1. The monoisotopic (exact) mass is 372 g/mol. The minimum atomic E-state index is 0.0249. The molecule has 1 fully saturated rings. The van der Waals surface area contributed by atoms with E-state index in [1.54, 1.807) is 18.4 Å². The second-order valence-electron chi connectivity index (χ2n) is 6.78. The van der Waals surface area contributed by atoms with Gasteiger partial charge < -0.3 is 10.1 Å². The molecule has 4 nitrogen and oxygen atoms in total. The predicted octanol–water partition coefficient (Wildman–Crippen LogP) is 4.19. The zero-order valence-electron chi connectivity index (χ0n) is 15.9. The van der Waals surface area contributed by atoms with E-state index in [1.807, 2.05) is 24.3 Å². The van der Waals surface area contributed by atoms with Crippen LogP contribution in [0, 0.1) is 6.92 Å². The normalized spacial score (nSPS) is 15.8. The smallest absolute Gasteiger partial charge is 0.261 e. The van der Waals surface area contributed by atoms with E-state index >= 15 is 0 Å². The van der Waals surface area contributed by atoms with Crippen LogP contribution < -0.4 is 10.1 Å². The first kappa shape index (κ1) is 18.9. The third-order valence-electron chi connectivity index (χ3n) is 5.10. The van der Waals surface area contributed by atoms with E-state index in [0.29, 0.717) is 6.54 Å². The van der Waals surface area contributed by atoms with Crippen LogP contribution >= 0.6 is 11.3 Å². The van der Waals surface area contributed by atoms with Crippen LogP contribution in [0.2, 0.25) is 0 Å². The number of hydrogen-bond donors (Lipinski definition) is 1. The minimum absolute atomic E-state index is 0.0249. The van der Waals surface area contributed by atoms with Crippen molar-refractivity contribution >= 4 is 17.2 Å². The molecule has 1 aliphatic rings. The minimum Gasteiger partial charge on any atom is -0.496 e. The summed E-state index contributed by atoms with van der Waals surface area (Å²) in [6.07, 6.45) is 3.40. The first-order chi connectivity index (χ1) is 12.6. The van der Waals surface area contributed by atoms with Crippen LogP contribution in [0.5, 0.6) is 5.75 Å². The van der Waals surface area contributed by atoms with Crippen molar-refractivity contribution in [2.45, 2.75) is 39.2 Å². The Balaban J connectivity index is 1.76. The molecular formula is C21H28N2O2S. The molecule has 1 aliphatic heterocycles. The number of ether oxygens (including phenoxy) is 1. The number of rotatable bonds is 7. The van der Waals surface area contributed by atoms with Crippen molar-refractivity contribution in [2.75, 3.05) is 26.7 Å². The molecule has 2 aromatic rings. The van der Waals surface area contributed by atoms with E-state index in [-0.39, 0.29) is 11.9 Å². The van der Waals surface area contributed by atoms with E-state index in [0.717, 1.165) is 35.7 Å².